The fraction of sp³-hybridized carbons (Fsp3) is 0.636. The van der Waals surface area contributed by atoms with E-state index in [1.807, 2.05) is 18.7 Å². The van der Waals surface area contributed by atoms with Gasteiger partial charge in [0.25, 0.3) is 0 Å². The van der Waals surface area contributed by atoms with Crippen LogP contribution in [0, 0.1) is 11.3 Å². The molecule has 0 aliphatic heterocycles. The molecule has 1 rings (SSSR count). The minimum atomic E-state index is -0.0892. The standard InChI is InChI=1S/C11H20N6O2/c1-5-17(6-7(2)8(12)13)9-14-10(18-3)16-11(15-9)19-4/h7H,5-6H2,1-4H3,(H3,12,13). The number of methoxy groups -OCH3 is 2. The largest absolute Gasteiger partial charge is 0.467 e. The Bertz CT molecular complexity index is 417. The maximum atomic E-state index is 7.44. The van der Waals surface area contributed by atoms with Crippen LogP contribution in [-0.4, -0.2) is 48.1 Å². The molecule has 8 heteroatoms. The van der Waals surface area contributed by atoms with Gasteiger partial charge in [-0.05, 0) is 6.92 Å². The number of anilines is 1. The number of nitrogens with one attached hydrogen (secondary N) is 1. The van der Waals surface area contributed by atoms with Crippen molar-refractivity contribution >= 4 is 11.8 Å². The van der Waals surface area contributed by atoms with E-state index < -0.39 is 0 Å². The van der Waals surface area contributed by atoms with Crippen molar-refractivity contribution in [2.24, 2.45) is 11.7 Å². The van der Waals surface area contributed by atoms with E-state index in [2.05, 4.69) is 15.0 Å². The second-order valence-electron chi connectivity index (χ2n) is 4.00. The molecule has 1 aromatic heterocycles. The van der Waals surface area contributed by atoms with E-state index in [1.54, 1.807) is 0 Å². The Hall–Kier alpha value is -2.12. The van der Waals surface area contributed by atoms with E-state index in [4.69, 9.17) is 20.6 Å². The Morgan fingerprint density at radius 2 is 1.79 bits per heavy atom. The molecule has 0 amide bonds. The van der Waals surface area contributed by atoms with Gasteiger partial charge in [-0.1, -0.05) is 6.92 Å². The van der Waals surface area contributed by atoms with Crippen LogP contribution in [0.1, 0.15) is 13.8 Å². The smallest absolute Gasteiger partial charge is 0.324 e. The molecule has 0 spiro atoms. The highest BCUT2D eigenvalue weighted by Crippen LogP contribution is 2.16. The first-order valence-electron chi connectivity index (χ1n) is 5.94. The second kappa shape index (κ2) is 6.72. The van der Waals surface area contributed by atoms with Gasteiger partial charge in [-0.3, -0.25) is 5.41 Å². The number of ether oxygens (including phenoxy) is 2. The molecule has 19 heavy (non-hydrogen) atoms. The Morgan fingerprint density at radius 3 is 2.16 bits per heavy atom. The highest BCUT2D eigenvalue weighted by Gasteiger charge is 2.16. The number of amidine groups is 1. The number of hydrogen-bond acceptors (Lipinski definition) is 7. The predicted octanol–water partition coefficient (Wildman–Crippen LogP) is 0.287. The van der Waals surface area contributed by atoms with Gasteiger partial charge in [0.15, 0.2) is 0 Å². The van der Waals surface area contributed by atoms with Crippen molar-refractivity contribution in [2.75, 3.05) is 32.2 Å². The topological polar surface area (TPSA) is 110 Å². The van der Waals surface area contributed by atoms with Crippen LogP contribution in [-0.2, 0) is 0 Å². The first-order valence-corrected chi connectivity index (χ1v) is 5.94. The van der Waals surface area contributed by atoms with E-state index in [0.29, 0.717) is 19.0 Å². The third kappa shape index (κ3) is 3.94. The van der Waals surface area contributed by atoms with Crippen LogP contribution >= 0.6 is 0 Å². The predicted molar refractivity (Wildman–Crippen MR) is 71.9 cm³/mol. The van der Waals surface area contributed by atoms with Crippen LogP contribution in [0.25, 0.3) is 0 Å². The molecule has 1 atom stereocenters. The number of rotatable bonds is 7. The lowest BCUT2D eigenvalue weighted by molar-refractivity contribution is 0.339. The van der Waals surface area contributed by atoms with Gasteiger partial charge in [-0.25, -0.2) is 0 Å². The average Bonchev–Trinajstić information content (AvgIpc) is 2.43. The van der Waals surface area contributed by atoms with Crippen LogP contribution in [0.5, 0.6) is 12.0 Å². The SMILES string of the molecule is CCN(CC(C)C(=N)N)c1nc(OC)nc(OC)n1. The molecule has 1 aromatic rings. The Morgan fingerprint density at radius 1 is 1.26 bits per heavy atom. The molecule has 1 unspecified atom stereocenters. The van der Waals surface area contributed by atoms with Crippen LogP contribution < -0.4 is 20.1 Å². The zero-order valence-corrected chi connectivity index (χ0v) is 11.7. The maximum absolute atomic E-state index is 7.44. The van der Waals surface area contributed by atoms with Gasteiger partial charge < -0.3 is 20.1 Å². The molecular weight excluding hydrogens is 248 g/mol. The summed E-state index contributed by atoms with van der Waals surface area (Å²) in [5.74, 6) is 0.486. The lowest BCUT2D eigenvalue weighted by Gasteiger charge is -2.24. The molecule has 8 nitrogen and oxygen atoms in total. The van der Waals surface area contributed by atoms with E-state index in [1.165, 1.54) is 14.2 Å². The Labute approximate surface area is 112 Å². The molecule has 1 heterocycles. The van der Waals surface area contributed by atoms with Crippen molar-refractivity contribution in [3.05, 3.63) is 0 Å². The maximum Gasteiger partial charge on any atom is 0.324 e. The van der Waals surface area contributed by atoms with Crippen LogP contribution in [0.2, 0.25) is 0 Å². The number of nitrogens with zero attached hydrogens (tertiary/aromatic N) is 4. The van der Waals surface area contributed by atoms with Crippen molar-refractivity contribution in [1.29, 1.82) is 5.41 Å². The van der Waals surface area contributed by atoms with Gasteiger partial charge >= 0.3 is 12.0 Å². The second-order valence-corrected chi connectivity index (χ2v) is 4.00. The average molecular weight is 268 g/mol. The molecule has 0 radical (unpaired) electrons. The van der Waals surface area contributed by atoms with E-state index >= 15 is 0 Å². The van der Waals surface area contributed by atoms with Gasteiger partial charge in [0.2, 0.25) is 5.95 Å². The highest BCUT2D eigenvalue weighted by molar-refractivity contribution is 5.79. The number of nitrogens with two attached hydrogens (primary N) is 1. The minimum Gasteiger partial charge on any atom is -0.467 e. The van der Waals surface area contributed by atoms with Gasteiger partial charge in [-0.2, -0.15) is 9.97 Å². The summed E-state index contributed by atoms with van der Waals surface area (Å²) in [6.45, 7) is 5.06. The van der Waals surface area contributed by atoms with Crippen LogP contribution in [0.3, 0.4) is 0 Å². The van der Waals surface area contributed by atoms with Crippen LogP contribution in [0.15, 0.2) is 0 Å². The fourth-order valence-electron chi connectivity index (χ4n) is 1.43. The van der Waals surface area contributed by atoms with E-state index in [9.17, 15) is 0 Å². The van der Waals surface area contributed by atoms with E-state index in [-0.39, 0.29) is 23.8 Å². The van der Waals surface area contributed by atoms with Crippen LogP contribution in [0.4, 0.5) is 5.95 Å². The van der Waals surface area contributed by atoms with Gasteiger partial charge in [0.1, 0.15) is 0 Å². The van der Waals surface area contributed by atoms with Gasteiger partial charge in [0, 0.05) is 19.0 Å². The molecule has 3 N–H and O–H groups in total. The minimum absolute atomic E-state index is 0.0892. The summed E-state index contributed by atoms with van der Waals surface area (Å²) >= 11 is 0. The lowest BCUT2D eigenvalue weighted by atomic mass is 10.1. The third-order valence-electron chi connectivity index (χ3n) is 2.64. The molecule has 0 aliphatic rings. The summed E-state index contributed by atoms with van der Waals surface area (Å²) in [6, 6.07) is 0.381. The first-order chi connectivity index (χ1) is 9.01. The summed E-state index contributed by atoms with van der Waals surface area (Å²) < 4.78 is 10.0. The quantitative estimate of drug-likeness (QED) is 0.540. The lowest BCUT2D eigenvalue weighted by Crippen LogP contribution is -2.35. The molecule has 0 aromatic carbocycles. The molecule has 0 fully saturated rings. The summed E-state index contributed by atoms with van der Waals surface area (Å²) in [5.41, 5.74) is 5.48. The van der Waals surface area contributed by atoms with Gasteiger partial charge in [0.05, 0.1) is 20.1 Å². The molecule has 0 saturated heterocycles. The molecule has 0 aliphatic carbocycles. The zero-order chi connectivity index (χ0) is 14.4. The molecule has 0 saturated carbocycles. The highest BCUT2D eigenvalue weighted by atomic mass is 16.5. The van der Waals surface area contributed by atoms with Crippen molar-refractivity contribution in [3.8, 4) is 12.0 Å². The van der Waals surface area contributed by atoms with Crippen molar-refractivity contribution < 1.29 is 9.47 Å². The first kappa shape index (κ1) is 14.9. The normalized spacial score (nSPS) is 11.8. The van der Waals surface area contributed by atoms with Crippen molar-refractivity contribution in [2.45, 2.75) is 13.8 Å². The molecule has 0 bridgehead atoms. The summed E-state index contributed by atoms with van der Waals surface area (Å²) in [7, 11) is 2.96. The van der Waals surface area contributed by atoms with Crippen molar-refractivity contribution in [1.82, 2.24) is 15.0 Å². The Kier molecular flexibility index (Phi) is 5.28. The fourth-order valence-corrected chi connectivity index (χ4v) is 1.43. The molecule has 106 valence electrons. The van der Waals surface area contributed by atoms with Gasteiger partial charge in [-0.15, -0.1) is 4.98 Å². The Balaban J connectivity index is 2.99. The molecular formula is C11H20N6O2. The van der Waals surface area contributed by atoms with Crippen molar-refractivity contribution in [3.63, 3.8) is 0 Å². The summed E-state index contributed by atoms with van der Waals surface area (Å²) in [4.78, 5) is 14.2. The number of hydrogen-bond donors (Lipinski definition) is 2. The number of aromatic nitrogens is 3. The summed E-state index contributed by atoms with van der Waals surface area (Å²) in [6.07, 6.45) is 0. The summed E-state index contributed by atoms with van der Waals surface area (Å²) in [5, 5.41) is 7.44. The zero-order valence-electron chi connectivity index (χ0n) is 11.7. The third-order valence-corrected chi connectivity index (χ3v) is 2.64. The monoisotopic (exact) mass is 268 g/mol. The van der Waals surface area contributed by atoms with E-state index in [0.717, 1.165) is 0 Å².